The van der Waals surface area contributed by atoms with E-state index in [9.17, 15) is 4.79 Å². The van der Waals surface area contributed by atoms with Crippen molar-refractivity contribution in [2.24, 2.45) is 5.73 Å². The number of nitrogens with two attached hydrogens (primary N) is 1. The van der Waals surface area contributed by atoms with Gasteiger partial charge in [0.25, 0.3) is 5.91 Å². The minimum absolute atomic E-state index is 0.0675. The summed E-state index contributed by atoms with van der Waals surface area (Å²) < 4.78 is 0. The van der Waals surface area contributed by atoms with Crippen LogP contribution >= 0.6 is 11.3 Å². The molecule has 1 atom stereocenters. The molecule has 1 saturated heterocycles. The van der Waals surface area contributed by atoms with Crippen molar-refractivity contribution in [1.29, 1.82) is 0 Å². The Morgan fingerprint density at radius 1 is 1.36 bits per heavy atom. The Balaban J connectivity index is 1.70. The molecule has 0 bridgehead atoms. The van der Waals surface area contributed by atoms with Crippen LogP contribution in [0.25, 0.3) is 0 Å². The molecule has 1 unspecified atom stereocenters. The third-order valence-electron chi connectivity index (χ3n) is 4.08. The highest BCUT2D eigenvalue weighted by atomic mass is 32.1. The van der Waals surface area contributed by atoms with E-state index in [0.717, 1.165) is 37.2 Å². The molecule has 1 aliphatic heterocycles. The van der Waals surface area contributed by atoms with Gasteiger partial charge >= 0.3 is 0 Å². The lowest BCUT2D eigenvalue weighted by atomic mass is 10.0. The number of aromatic nitrogens is 1. The molecular weight excluding hydrogens is 294 g/mol. The zero-order valence-corrected chi connectivity index (χ0v) is 13.4. The van der Waals surface area contributed by atoms with Crippen LogP contribution in [0.4, 0.5) is 0 Å². The molecule has 1 aliphatic rings. The predicted molar refractivity (Wildman–Crippen MR) is 89.1 cm³/mol. The van der Waals surface area contributed by atoms with E-state index in [-0.39, 0.29) is 11.9 Å². The van der Waals surface area contributed by atoms with Crippen LogP contribution in [0.1, 0.15) is 33.9 Å². The summed E-state index contributed by atoms with van der Waals surface area (Å²) in [5.74, 6) is 0.0675. The summed E-state index contributed by atoms with van der Waals surface area (Å²) in [6, 6.07) is 10.7. The molecule has 5 heteroatoms. The number of carbonyl (C=O) groups is 1. The number of likely N-dealkylation sites (tertiary alicyclic amines) is 1. The number of nitrogens with zero attached hydrogens (tertiary/aromatic N) is 2. The fraction of sp³-hybridized carbons (Fsp3) is 0.412. The van der Waals surface area contributed by atoms with Gasteiger partial charge in [0.15, 0.2) is 0 Å². The zero-order chi connectivity index (χ0) is 15.4. The van der Waals surface area contributed by atoms with Gasteiger partial charge in [-0.1, -0.05) is 30.3 Å². The number of benzene rings is 1. The molecule has 0 radical (unpaired) electrons. The molecule has 2 N–H and O–H groups in total. The lowest BCUT2D eigenvalue weighted by molar-refractivity contribution is 0.0731. The summed E-state index contributed by atoms with van der Waals surface area (Å²) in [7, 11) is 0. The Morgan fingerprint density at radius 3 is 2.95 bits per heavy atom. The number of rotatable bonds is 5. The monoisotopic (exact) mass is 315 g/mol. The first kappa shape index (κ1) is 15.2. The summed E-state index contributed by atoms with van der Waals surface area (Å²) >= 11 is 1.53. The Bertz CT molecular complexity index is 626. The first-order valence-electron chi connectivity index (χ1n) is 7.77. The van der Waals surface area contributed by atoms with Crippen molar-refractivity contribution in [1.82, 2.24) is 9.88 Å². The van der Waals surface area contributed by atoms with Gasteiger partial charge in [0.1, 0.15) is 5.69 Å². The second-order valence-corrected chi connectivity index (χ2v) is 6.59. The van der Waals surface area contributed by atoms with Gasteiger partial charge in [-0.3, -0.25) is 4.79 Å². The maximum absolute atomic E-state index is 12.7. The topological polar surface area (TPSA) is 59.2 Å². The van der Waals surface area contributed by atoms with E-state index in [0.29, 0.717) is 12.2 Å². The van der Waals surface area contributed by atoms with Crippen molar-refractivity contribution in [3.8, 4) is 0 Å². The highest BCUT2D eigenvalue weighted by Crippen LogP contribution is 2.24. The van der Waals surface area contributed by atoms with Crippen molar-refractivity contribution in [2.45, 2.75) is 31.7 Å². The third kappa shape index (κ3) is 3.36. The molecule has 1 aromatic carbocycles. The molecule has 0 spiro atoms. The van der Waals surface area contributed by atoms with E-state index in [1.54, 1.807) is 0 Å². The van der Waals surface area contributed by atoms with Gasteiger partial charge in [-0.2, -0.15) is 0 Å². The Hall–Kier alpha value is -1.72. The largest absolute Gasteiger partial charge is 0.334 e. The van der Waals surface area contributed by atoms with Crippen LogP contribution in [0.15, 0.2) is 35.7 Å². The Morgan fingerprint density at radius 2 is 2.18 bits per heavy atom. The highest BCUT2D eigenvalue weighted by molar-refractivity contribution is 7.09. The van der Waals surface area contributed by atoms with E-state index < -0.39 is 0 Å². The molecule has 1 fully saturated rings. The molecule has 1 amide bonds. The summed E-state index contributed by atoms with van der Waals surface area (Å²) in [4.78, 5) is 19.1. The first-order chi connectivity index (χ1) is 10.8. The number of hydrogen-bond acceptors (Lipinski definition) is 4. The standard InChI is InChI=1S/C17H21N3OS/c18-9-8-16-19-15(12-22-16)17(21)20-10-4-7-14(20)11-13-5-2-1-3-6-13/h1-3,5-6,12,14H,4,7-11,18H2. The van der Waals surface area contributed by atoms with Crippen LogP contribution in [0.3, 0.4) is 0 Å². The van der Waals surface area contributed by atoms with E-state index in [1.165, 1.54) is 16.9 Å². The fourth-order valence-electron chi connectivity index (χ4n) is 3.00. The van der Waals surface area contributed by atoms with Gasteiger partial charge in [-0.05, 0) is 31.4 Å². The molecular formula is C17H21N3OS. The lowest BCUT2D eigenvalue weighted by Crippen LogP contribution is -2.37. The van der Waals surface area contributed by atoms with Crippen LogP contribution < -0.4 is 5.73 Å². The van der Waals surface area contributed by atoms with Crippen molar-refractivity contribution < 1.29 is 4.79 Å². The van der Waals surface area contributed by atoms with Crippen LogP contribution in [0.5, 0.6) is 0 Å². The van der Waals surface area contributed by atoms with E-state index in [2.05, 4.69) is 29.2 Å². The summed E-state index contributed by atoms with van der Waals surface area (Å²) in [6.45, 7) is 1.40. The maximum Gasteiger partial charge on any atom is 0.273 e. The van der Waals surface area contributed by atoms with Gasteiger partial charge in [0.05, 0.1) is 5.01 Å². The molecule has 116 valence electrons. The van der Waals surface area contributed by atoms with Crippen molar-refractivity contribution in [3.63, 3.8) is 0 Å². The van der Waals surface area contributed by atoms with Gasteiger partial charge in [0.2, 0.25) is 0 Å². The van der Waals surface area contributed by atoms with Crippen molar-refractivity contribution in [2.75, 3.05) is 13.1 Å². The number of hydrogen-bond donors (Lipinski definition) is 1. The average molecular weight is 315 g/mol. The van der Waals surface area contributed by atoms with Gasteiger partial charge < -0.3 is 10.6 Å². The number of carbonyl (C=O) groups excluding carboxylic acids is 1. The summed E-state index contributed by atoms with van der Waals surface area (Å²) in [5, 5.41) is 2.82. The molecule has 2 heterocycles. The quantitative estimate of drug-likeness (QED) is 0.922. The molecule has 0 aliphatic carbocycles. The van der Waals surface area contributed by atoms with E-state index in [4.69, 9.17) is 5.73 Å². The molecule has 3 rings (SSSR count). The summed E-state index contributed by atoms with van der Waals surface area (Å²) in [5.41, 5.74) is 7.41. The smallest absolute Gasteiger partial charge is 0.273 e. The van der Waals surface area contributed by atoms with Crippen molar-refractivity contribution >= 4 is 17.2 Å². The molecule has 1 aromatic heterocycles. The molecule has 2 aromatic rings. The summed E-state index contributed by atoms with van der Waals surface area (Å²) in [6.07, 6.45) is 3.81. The van der Waals surface area contributed by atoms with Crippen LogP contribution in [-0.4, -0.2) is 34.9 Å². The predicted octanol–water partition coefficient (Wildman–Crippen LogP) is 2.49. The Kier molecular flexibility index (Phi) is 4.85. The van der Waals surface area contributed by atoms with Crippen LogP contribution in [-0.2, 0) is 12.8 Å². The zero-order valence-electron chi connectivity index (χ0n) is 12.6. The Labute approximate surface area is 135 Å². The third-order valence-corrected chi connectivity index (χ3v) is 4.99. The second kappa shape index (κ2) is 7.03. The number of amides is 1. The average Bonchev–Trinajstić information content (AvgIpc) is 3.18. The van der Waals surface area contributed by atoms with Crippen LogP contribution in [0.2, 0.25) is 0 Å². The minimum Gasteiger partial charge on any atom is -0.334 e. The van der Waals surface area contributed by atoms with Crippen LogP contribution in [0, 0.1) is 0 Å². The van der Waals surface area contributed by atoms with E-state index in [1.807, 2.05) is 16.3 Å². The van der Waals surface area contributed by atoms with E-state index >= 15 is 0 Å². The molecule has 22 heavy (non-hydrogen) atoms. The molecule has 4 nitrogen and oxygen atoms in total. The second-order valence-electron chi connectivity index (χ2n) is 5.65. The maximum atomic E-state index is 12.7. The first-order valence-corrected chi connectivity index (χ1v) is 8.65. The normalized spacial score (nSPS) is 17.9. The van der Waals surface area contributed by atoms with Gasteiger partial charge in [-0.15, -0.1) is 11.3 Å². The number of thiazole rings is 1. The fourth-order valence-corrected chi connectivity index (χ4v) is 3.78. The van der Waals surface area contributed by atoms with Gasteiger partial charge in [-0.25, -0.2) is 4.98 Å². The van der Waals surface area contributed by atoms with Gasteiger partial charge in [0, 0.05) is 24.4 Å². The highest BCUT2D eigenvalue weighted by Gasteiger charge is 2.30. The lowest BCUT2D eigenvalue weighted by Gasteiger charge is -2.24. The minimum atomic E-state index is 0.0675. The SMILES string of the molecule is NCCc1nc(C(=O)N2CCCC2Cc2ccccc2)cs1. The molecule has 0 saturated carbocycles. The van der Waals surface area contributed by atoms with Crippen molar-refractivity contribution in [3.05, 3.63) is 52.0 Å².